The summed E-state index contributed by atoms with van der Waals surface area (Å²) >= 11 is 0. The van der Waals surface area contributed by atoms with E-state index in [1.807, 2.05) is 30.3 Å². The molecule has 0 radical (unpaired) electrons. The maximum absolute atomic E-state index is 12.5. The van der Waals surface area contributed by atoms with Gasteiger partial charge in [-0.2, -0.15) is 0 Å². The van der Waals surface area contributed by atoms with Gasteiger partial charge in [-0.25, -0.2) is 0 Å². The van der Waals surface area contributed by atoms with Gasteiger partial charge >= 0.3 is 0 Å². The molecule has 24 heavy (non-hydrogen) atoms. The number of nitrogens with zero attached hydrogens (tertiary/aromatic N) is 1. The van der Waals surface area contributed by atoms with Crippen LogP contribution in [-0.2, 0) is 9.59 Å². The van der Waals surface area contributed by atoms with Gasteiger partial charge in [-0.05, 0) is 49.7 Å². The first-order chi connectivity index (χ1) is 11.7. The molecule has 0 unspecified atom stereocenters. The number of amides is 2. The van der Waals surface area contributed by atoms with Crippen LogP contribution < -0.4 is 5.32 Å². The Morgan fingerprint density at radius 2 is 1.71 bits per heavy atom. The molecule has 0 aromatic heterocycles. The van der Waals surface area contributed by atoms with Crippen LogP contribution in [0.5, 0.6) is 0 Å². The number of likely N-dealkylation sites (tertiary alicyclic amines) is 1. The Labute approximate surface area is 143 Å². The Morgan fingerprint density at radius 1 is 1.04 bits per heavy atom. The van der Waals surface area contributed by atoms with Crippen molar-refractivity contribution in [1.82, 2.24) is 4.90 Å². The molecule has 1 saturated heterocycles. The molecule has 1 aromatic carbocycles. The molecule has 1 N–H and O–H groups in total. The van der Waals surface area contributed by atoms with E-state index in [4.69, 9.17) is 0 Å². The van der Waals surface area contributed by atoms with Crippen molar-refractivity contribution in [3.05, 3.63) is 30.3 Å². The molecule has 1 spiro atoms. The van der Waals surface area contributed by atoms with Crippen molar-refractivity contribution < 1.29 is 9.59 Å². The molecule has 1 heterocycles. The van der Waals surface area contributed by atoms with Gasteiger partial charge in [-0.15, -0.1) is 0 Å². The molecular weight excluding hydrogens is 300 g/mol. The zero-order chi connectivity index (χ0) is 16.6. The van der Waals surface area contributed by atoms with Gasteiger partial charge in [0.2, 0.25) is 11.8 Å². The van der Waals surface area contributed by atoms with Crippen molar-refractivity contribution >= 4 is 17.5 Å². The molecule has 1 aromatic rings. The van der Waals surface area contributed by atoms with Crippen LogP contribution in [0.15, 0.2) is 30.3 Å². The number of nitrogens with one attached hydrogen (secondary N) is 1. The molecule has 4 heteroatoms. The zero-order valence-corrected chi connectivity index (χ0v) is 14.2. The largest absolute Gasteiger partial charge is 0.342 e. The van der Waals surface area contributed by atoms with Crippen LogP contribution in [0.3, 0.4) is 0 Å². The summed E-state index contributed by atoms with van der Waals surface area (Å²) in [6, 6.07) is 9.67. The van der Waals surface area contributed by atoms with E-state index < -0.39 is 0 Å². The highest BCUT2D eigenvalue weighted by Gasteiger charge is 2.58. The van der Waals surface area contributed by atoms with E-state index in [0.717, 1.165) is 50.9 Å². The zero-order valence-electron chi connectivity index (χ0n) is 14.2. The van der Waals surface area contributed by atoms with Crippen LogP contribution in [0.25, 0.3) is 0 Å². The monoisotopic (exact) mass is 326 g/mol. The van der Waals surface area contributed by atoms with Gasteiger partial charge in [0.05, 0.1) is 0 Å². The standard InChI is InChI=1S/C20H26N2O2/c23-18(21-16-8-2-1-3-9-16)17-14-20(17)10-12-22(13-11-20)19(24)15-6-4-5-7-15/h1-3,8-9,15,17H,4-7,10-14H2,(H,21,23)/t17-/m1/s1. The number of carbonyl (C=O) groups excluding carboxylic acids is 2. The maximum atomic E-state index is 12.5. The minimum atomic E-state index is 0.126. The van der Waals surface area contributed by atoms with Crippen LogP contribution in [0, 0.1) is 17.3 Å². The summed E-state index contributed by atoms with van der Waals surface area (Å²) in [7, 11) is 0. The smallest absolute Gasteiger partial charge is 0.228 e. The predicted octanol–water partition coefficient (Wildman–Crippen LogP) is 3.44. The third kappa shape index (κ3) is 2.94. The SMILES string of the molecule is O=C(Nc1ccccc1)[C@H]1CC12CCN(C(=O)C1CCCC1)CC2. The normalized spacial score (nSPS) is 25.7. The van der Waals surface area contributed by atoms with Crippen LogP contribution in [0.2, 0.25) is 0 Å². The highest BCUT2D eigenvalue weighted by atomic mass is 16.2. The summed E-state index contributed by atoms with van der Waals surface area (Å²) in [5, 5.41) is 3.03. The number of piperidine rings is 1. The lowest BCUT2D eigenvalue weighted by Gasteiger charge is -2.34. The van der Waals surface area contributed by atoms with E-state index in [2.05, 4.69) is 10.2 Å². The highest BCUT2D eigenvalue weighted by Crippen LogP contribution is 2.59. The lowest BCUT2D eigenvalue weighted by atomic mass is 9.89. The molecule has 0 bridgehead atoms. The molecule has 1 aliphatic heterocycles. The van der Waals surface area contributed by atoms with Crippen LogP contribution in [0.1, 0.15) is 44.9 Å². The molecule has 1 atom stereocenters. The molecular formula is C20H26N2O2. The predicted molar refractivity (Wildman–Crippen MR) is 93.4 cm³/mol. The van der Waals surface area contributed by atoms with E-state index in [9.17, 15) is 9.59 Å². The fraction of sp³-hybridized carbons (Fsp3) is 0.600. The second-order valence-electron chi connectivity index (χ2n) is 7.78. The number of anilines is 1. The summed E-state index contributed by atoms with van der Waals surface area (Å²) in [6.07, 6.45) is 7.50. The Bertz CT molecular complexity index is 614. The Morgan fingerprint density at radius 3 is 2.38 bits per heavy atom. The third-order valence-electron chi connectivity index (χ3n) is 6.32. The first-order valence-electron chi connectivity index (χ1n) is 9.33. The molecule has 2 amide bonds. The Kier molecular flexibility index (Phi) is 4.07. The minimum absolute atomic E-state index is 0.126. The van der Waals surface area contributed by atoms with Gasteiger partial charge in [-0.1, -0.05) is 31.0 Å². The number of para-hydroxylation sites is 1. The Hall–Kier alpha value is -1.84. The van der Waals surface area contributed by atoms with Crippen LogP contribution in [-0.4, -0.2) is 29.8 Å². The van der Waals surface area contributed by atoms with E-state index in [0.29, 0.717) is 5.91 Å². The number of benzene rings is 1. The average Bonchev–Trinajstić information content (AvgIpc) is 3.06. The maximum Gasteiger partial charge on any atom is 0.228 e. The lowest BCUT2D eigenvalue weighted by molar-refractivity contribution is -0.137. The summed E-state index contributed by atoms with van der Waals surface area (Å²) in [5.74, 6) is 0.918. The van der Waals surface area contributed by atoms with Gasteiger partial charge in [0.25, 0.3) is 0 Å². The minimum Gasteiger partial charge on any atom is -0.342 e. The first-order valence-corrected chi connectivity index (χ1v) is 9.33. The third-order valence-corrected chi connectivity index (χ3v) is 6.32. The molecule has 3 fully saturated rings. The van der Waals surface area contributed by atoms with E-state index in [-0.39, 0.29) is 23.2 Å². The van der Waals surface area contributed by atoms with Gasteiger partial charge < -0.3 is 10.2 Å². The van der Waals surface area contributed by atoms with Crippen LogP contribution >= 0.6 is 0 Å². The van der Waals surface area contributed by atoms with Crippen molar-refractivity contribution in [3.8, 4) is 0 Å². The number of hydrogen-bond donors (Lipinski definition) is 1. The molecule has 2 saturated carbocycles. The summed E-state index contributed by atoms with van der Waals surface area (Å²) < 4.78 is 0. The van der Waals surface area contributed by atoms with Crippen LogP contribution in [0.4, 0.5) is 5.69 Å². The van der Waals surface area contributed by atoms with E-state index in [1.54, 1.807) is 0 Å². The molecule has 128 valence electrons. The van der Waals surface area contributed by atoms with Crippen molar-refractivity contribution in [2.75, 3.05) is 18.4 Å². The molecule has 4 nitrogen and oxygen atoms in total. The highest BCUT2D eigenvalue weighted by molar-refractivity contribution is 5.95. The summed E-state index contributed by atoms with van der Waals surface area (Å²) in [5.41, 5.74) is 1.03. The number of hydrogen-bond acceptors (Lipinski definition) is 2. The average molecular weight is 326 g/mol. The van der Waals surface area contributed by atoms with Crippen molar-refractivity contribution in [2.24, 2.45) is 17.3 Å². The molecule has 4 rings (SSSR count). The lowest BCUT2D eigenvalue weighted by Crippen LogP contribution is -2.42. The summed E-state index contributed by atoms with van der Waals surface area (Å²) in [6.45, 7) is 1.68. The fourth-order valence-corrected chi connectivity index (χ4v) is 4.63. The van der Waals surface area contributed by atoms with E-state index in [1.165, 1.54) is 12.8 Å². The van der Waals surface area contributed by atoms with Crippen molar-refractivity contribution in [1.29, 1.82) is 0 Å². The van der Waals surface area contributed by atoms with E-state index >= 15 is 0 Å². The second-order valence-corrected chi connectivity index (χ2v) is 7.78. The van der Waals surface area contributed by atoms with Gasteiger partial charge in [0, 0.05) is 30.6 Å². The summed E-state index contributed by atoms with van der Waals surface area (Å²) in [4.78, 5) is 27.1. The molecule has 3 aliphatic rings. The van der Waals surface area contributed by atoms with Gasteiger partial charge in [-0.3, -0.25) is 9.59 Å². The fourth-order valence-electron chi connectivity index (χ4n) is 4.63. The topological polar surface area (TPSA) is 49.4 Å². The quantitative estimate of drug-likeness (QED) is 0.925. The first kappa shape index (κ1) is 15.7. The second kappa shape index (κ2) is 6.23. The number of carbonyl (C=O) groups is 2. The number of rotatable bonds is 3. The molecule has 2 aliphatic carbocycles. The van der Waals surface area contributed by atoms with Gasteiger partial charge in [0.1, 0.15) is 0 Å². The Balaban J connectivity index is 1.30. The van der Waals surface area contributed by atoms with Crippen molar-refractivity contribution in [3.63, 3.8) is 0 Å². The van der Waals surface area contributed by atoms with Gasteiger partial charge in [0.15, 0.2) is 0 Å². The van der Waals surface area contributed by atoms with Crippen molar-refractivity contribution in [2.45, 2.75) is 44.9 Å².